The number of aromatic nitrogens is 2. The first kappa shape index (κ1) is 46.0. The van der Waals surface area contributed by atoms with Crippen molar-refractivity contribution in [3.8, 4) is 0 Å². The number of nitrogens with zero attached hydrogens (tertiary/aromatic N) is 2. The molecule has 10 nitrogen and oxygen atoms in total. The smallest absolute Gasteiger partial charge is 0.228 e. The van der Waals surface area contributed by atoms with Crippen LogP contribution >= 0.6 is 0 Å². The van der Waals surface area contributed by atoms with Gasteiger partial charge in [-0.2, -0.15) is 9.13 Å². The van der Waals surface area contributed by atoms with E-state index in [0.29, 0.717) is 13.1 Å². The molecule has 6 N–H and O–H groups in total. The van der Waals surface area contributed by atoms with Crippen LogP contribution in [0.4, 0.5) is 0 Å². The number of amides is 2. The zero-order valence-corrected chi connectivity index (χ0v) is 29.4. The summed E-state index contributed by atoms with van der Waals surface area (Å²) in [4.78, 5) is 31.6. The number of carboxylic acids is 1. The van der Waals surface area contributed by atoms with Gasteiger partial charge in [0.15, 0.2) is 36.9 Å². The molecule has 0 atom stereocenters. The minimum Gasteiger partial charge on any atom is -1.00 e. The third-order valence-corrected chi connectivity index (χ3v) is 7.45. The molecule has 0 aliphatic rings. The molecule has 2 aromatic heterocycles. The molecule has 0 radical (unpaired) electrons. The maximum Gasteiger partial charge on any atom is 0.228 e. The SMILES string of the molecule is CCCCCCCCCCCCCCCCCC(=O)[O-].NC(=O)Cc1cccc[n+]1CCO.NC(=O)Cc1cccc[n+]1CCO.[Cl-]. The summed E-state index contributed by atoms with van der Waals surface area (Å²) < 4.78 is 3.62. The van der Waals surface area contributed by atoms with Gasteiger partial charge in [-0.25, -0.2) is 0 Å². The second-order valence-corrected chi connectivity index (χ2v) is 11.6. The molecule has 0 spiro atoms. The Labute approximate surface area is 289 Å². The molecule has 0 aliphatic carbocycles. The van der Waals surface area contributed by atoms with Gasteiger partial charge in [0.05, 0.1) is 0 Å². The second-order valence-electron chi connectivity index (χ2n) is 11.6. The van der Waals surface area contributed by atoms with E-state index in [1.54, 1.807) is 0 Å². The number of hydrogen-bond acceptors (Lipinski definition) is 6. The van der Waals surface area contributed by atoms with Crippen LogP contribution in [0.2, 0.25) is 0 Å². The number of aliphatic hydroxyl groups excluding tert-OH is 2. The molecule has 0 bridgehead atoms. The van der Waals surface area contributed by atoms with Gasteiger partial charge in [0, 0.05) is 30.2 Å². The van der Waals surface area contributed by atoms with Crippen molar-refractivity contribution in [3.63, 3.8) is 0 Å². The number of nitrogens with two attached hydrogens (primary N) is 2. The highest BCUT2D eigenvalue weighted by Gasteiger charge is 2.11. The second kappa shape index (κ2) is 32.8. The highest BCUT2D eigenvalue weighted by Crippen LogP contribution is 2.13. The van der Waals surface area contributed by atoms with E-state index in [1.807, 2.05) is 57.9 Å². The Morgan fingerprint density at radius 1 is 0.617 bits per heavy atom. The monoisotopic (exact) mass is 680 g/mol. The van der Waals surface area contributed by atoms with Crippen molar-refractivity contribution < 1.29 is 51.2 Å². The van der Waals surface area contributed by atoms with Gasteiger partial charge in [-0.1, -0.05) is 109 Å². The van der Waals surface area contributed by atoms with Crippen molar-refractivity contribution in [2.75, 3.05) is 13.2 Å². The number of aliphatic hydroxyl groups is 2. The van der Waals surface area contributed by atoms with Gasteiger partial charge < -0.3 is 44.0 Å². The van der Waals surface area contributed by atoms with Gasteiger partial charge in [-0.15, -0.1) is 0 Å². The molecule has 2 rings (SSSR count). The van der Waals surface area contributed by atoms with Crippen LogP contribution in [-0.4, -0.2) is 41.2 Å². The van der Waals surface area contributed by atoms with Crippen molar-refractivity contribution in [2.45, 2.75) is 136 Å². The lowest BCUT2D eigenvalue weighted by Gasteiger charge is -2.04. The van der Waals surface area contributed by atoms with Gasteiger partial charge in [-0.05, 0) is 12.8 Å². The number of rotatable bonds is 24. The highest BCUT2D eigenvalue weighted by molar-refractivity contribution is 5.76. The Kier molecular flexibility index (Phi) is 32.2. The molecule has 0 aliphatic heterocycles. The summed E-state index contributed by atoms with van der Waals surface area (Å²) in [5.74, 6) is -1.63. The van der Waals surface area contributed by atoms with Crippen LogP contribution in [0.1, 0.15) is 121 Å². The van der Waals surface area contributed by atoms with Crippen molar-refractivity contribution in [1.29, 1.82) is 0 Å². The van der Waals surface area contributed by atoms with Crippen LogP contribution < -0.4 is 38.1 Å². The van der Waals surface area contributed by atoms with Crippen LogP contribution in [0.5, 0.6) is 0 Å². The van der Waals surface area contributed by atoms with E-state index >= 15 is 0 Å². The van der Waals surface area contributed by atoms with Crippen LogP contribution in [0.25, 0.3) is 0 Å². The average Bonchev–Trinajstić information content (AvgIpc) is 3.01. The standard InChI is InChI=1S/C18H36O2.2C9H12N2O2.ClH/c1-2-3-4-5-6-7-8-9-10-11-12-13-14-15-16-17-18(19)20;2*10-9(13)7-8-3-1-2-4-11(8)5-6-12;/h2-17H2,1H3,(H,19,20);2*1-4,12H,5-7H2,(H-,10,13);1H. The fourth-order valence-electron chi connectivity index (χ4n) is 4.99. The van der Waals surface area contributed by atoms with Crippen LogP contribution in [-0.2, 0) is 40.3 Å². The first-order valence-electron chi connectivity index (χ1n) is 17.2. The normalized spacial score (nSPS) is 10.1. The van der Waals surface area contributed by atoms with Crippen molar-refractivity contribution in [1.82, 2.24) is 0 Å². The Morgan fingerprint density at radius 3 is 1.26 bits per heavy atom. The van der Waals surface area contributed by atoms with E-state index in [-0.39, 0.29) is 56.7 Å². The molecule has 11 heteroatoms. The largest absolute Gasteiger partial charge is 1.00 e. The van der Waals surface area contributed by atoms with E-state index in [2.05, 4.69) is 6.92 Å². The molecule has 0 saturated carbocycles. The van der Waals surface area contributed by atoms with Crippen LogP contribution in [0.3, 0.4) is 0 Å². The maximum absolute atomic E-state index is 10.7. The lowest BCUT2D eigenvalue weighted by atomic mass is 10.0. The van der Waals surface area contributed by atoms with Gasteiger partial charge in [0.1, 0.15) is 26.1 Å². The predicted octanol–water partition coefficient (Wildman–Crippen LogP) is -0.00980. The van der Waals surface area contributed by atoms with Crippen molar-refractivity contribution >= 4 is 17.8 Å². The molecule has 47 heavy (non-hydrogen) atoms. The number of halogens is 1. The summed E-state index contributed by atoms with van der Waals surface area (Å²) in [5, 5.41) is 27.7. The summed E-state index contributed by atoms with van der Waals surface area (Å²) in [7, 11) is 0. The summed E-state index contributed by atoms with van der Waals surface area (Å²) in [6.45, 7) is 3.36. The van der Waals surface area contributed by atoms with E-state index in [4.69, 9.17) is 21.7 Å². The zero-order valence-electron chi connectivity index (χ0n) is 28.6. The third kappa shape index (κ3) is 28.8. The number of carbonyl (C=O) groups is 3. The highest BCUT2D eigenvalue weighted by atomic mass is 35.5. The van der Waals surface area contributed by atoms with Crippen molar-refractivity contribution in [2.24, 2.45) is 11.5 Å². The zero-order chi connectivity index (χ0) is 34.3. The number of unbranched alkanes of at least 4 members (excludes halogenated alkanes) is 14. The molecule has 2 amide bonds. The maximum atomic E-state index is 10.7. The molecular formula is C36H61ClN4O6. The lowest BCUT2D eigenvalue weighted by Crippen LogP contribution is -3.00. The number of aliphatic carboxylic acids is 1. The number of primary amides is 2. The molecule has 0 aromatic carbocycles. The van der Waals surface area contributed by atoms with Crippen molar-refractivity contribution in [3.05, 3.63) is 60.2 Å². The van der Waals surface area contributed by atoms with Crippen LogP contribution in [0, 0.1) is 0 Å². The summed E-state index contributed by atoms with van der Waals surface area (Å²) in [6.07, 6.45) is 23.9. The number of pyridine rings is 2. The third-order valence-electron chi connectivity index (χ3n) is 7.45. The van der Waals surface area contributed by atoms with Gasteiger partial charge in [0.2, 0.25) is 11.8 Å². The average molecular weight is 681 g/mol. The van der Waals surface area contributed by atoms with Gasteiger partial charge in [-0.3, -0.25) is 9.59 Å². The Hall–Kier alpha value is -3.08. The first-order chi connectivity index (χ1) is 22.2. The van der Waals surface area contributed by atoms with E-state index in [9.17, 15) is 19.5 Å². The molecule has 0 fully saturated rings. The molecule has 268 valence electrons. The Balaban J connectivity index is 0. The van der Waals surface area contributed by atoms with E-state index < -0.39 is 5.97 Å². The fourth-order valence-corrected chi connectivity index (χ4v) is 4.99. The molecule has 0 saturated heterocycles. The summed E-state index contributed by atoms with van der Waals surface area (Å²) in [5.41, 5.74) is 11.8. The molecule has 0 unspecified atom stereocenters. The molecule has 2 aromatic rings. The Morgan fingerprint density at radius 2 is 0.957 bits per heavy atom. The molecule has 2 heterocycles. The van der Waals surface area contributed by atoms with E-state index in [0.717, 1.165) is 24.2 Å². The number of carbonyl (C=O) groups excluding carboxylic acids is 3. The summed E-state index contributed by atoms with van der Waals surface area (Å²) in [6, 6.07) is 11.0. The lowest BCUT2D eigenvalue weighted by molar-refractivity contribution is -0.704. The van der Waals surface area contributed by atoms with E-state index in [1.165, 1.54) is 83.5 Å². The van der Waals surface area contributed by atoms with Gasteiger partial charge in [0.25, 0.3) is 0 Å². The topological polar surface area (TPSA) is 175 Å². The minimum absolute atomic E-state index is 0. The van der Waals surface area contributed by atoms with Gasteiger partial charge >= 0.3 is 0 Å². The number of carboxylic acid groups (broad SMARTS) is 1. The Bertz CT molecular complexity index is 1010. The minimum atomic E-state index is -0.903. The predicted molar refractivity (Wildman–Crippen MR) is 178 cm³/mol. The van der Waals surface area contributed by atoms with Crippen LogP contribution in [0.15, 0.2) is 48.8 Å². The first-order valence-corrected chi connectivity index (χ1v) is 17.2. The molecular weight excluding hydrogens is 620 g/mol. The quantitative estimate of drug-likeness (QED) is 0.0896. The number of hydrogen-bond donors (Lipinski definition) is 4. The fraction of sp³-hybridized carbons (Fsp3) is 0.639. The summed E-state index contributed by atoms with van der Waals surface area (Å²) >= 11 is 0.